The smallest absolute Gasteiger partial charge is 0.169 e. The van der Waals surface area contributed by atoms with Gasteiger partial charge in [0.15, 0.2) is 5.65 Å². The molecule has 0 saturated carbocycles. The molecule has 0 bridgehead atoms. The van der Waals surface area contributed by atoms with Crippen LogP contribution in [0.1, 0.15) is 13.3 Å². The quantitative estimate of drug-likeness (QED) is 0.854. The number of halogens is 1. The minimum atomic E-state index is 0.288. The van der Waals surface area contributed by atoms with Crippen molar-refractivity contribution in [3.8, 4) is 0 Å². The van der Waals surface area contributed by atoms with Crippen LogP contribution < -0.4 is 0 Å². The van der Waals surface area contributed by atoms with Crippen molar-refractivity contribution >= 4 is 33.3 Å². The van der Waals surface area contributed by atoms with E-state index in [9.17, 15) is 0 Å². The highest BCUT2D eigenvalue weighted by atomic mass is 79.9. The van der Waals surface area contributed by atoms with Crippen molar-refractivity contribution in [3.63, 3.8) is 0 Å². The first kappa shape index (κ1) is 11.5. The Labute approximate surface area is 112 Å². The minimum Gasteiger partial charge on any atom is -0.377 e. The van der Waals surface area contributed by atoms with Crippen molar-refractivity contribution < 1.29 is 4.74 Å². The van der Waals surface area contributed by atoms with E-state index in [1.165, 1.54) is 0 Å². The third-order valence-electron chi connectivity index (χ3n) is 2.88. The van der Waals surface area contributed by atoms with Crippen molar-refractivity contribution in [2.45, 2.75) is 29.7 Å². The Hall–Kier alpha value is -0.590. The van der Waals surface area contributed by atoms with E-state index >= 15 is 0 Å². The average Bonchev–Trinajstić information content (AvgIpc) is 2.88. The highest BCUT2D eigenvalue weighted by Crippen LogP contribution is 2.33. The zero-order valence-corrected chi connectivity index (χ0v) is 11.7. The van der Waals surface area contributed by atoms with Gasteiger partial charge in [0.25, 0.3) is 0 Å². The summed E-state index contributed by atoms with van der Waals surface area (Å²) in [5.74, 6) is 0. The lowest BCUT2D eigenvalue weighted by molar-refractivity contribution is 0.127. The van der Waals surface area contributed by atoms with Gasteiger partial charge in [-0.2, -0.15) is 0 Å². The molecule has 1 fully saturated rings. The lowest BCUT2D eigenvalue weighted by Crippen LogP contribution is -2.13. The summed E-state index contributed by atoms with van der Waals surface area (Å²) < 4.78 is 8.39. The van der Waals surface area contributed by atoms with E-state index in [1.807, 2.05) is 16.8 Å². The number of hydrogen-bond acceptors (Lipinski definition) is 4. The summed E-state index contributed by atoms with van der Waals surface area (Å²) in [5.41, 5.74) is 0.914. The van der Waals surface area contributed by atoms with Gasteiger partial charge in [0.05, 0.1) is 6.10 Å². The van der Waals surface area contributed by atoms with Crippen LogP contribution in [0, 0.1) is 0 Å². The predicted molar refractivity (Wildman–Crippen MR) is 70.4 cm³/mol. The van der Waals surface area contributed by atoms with Crippen molar-refractivity contribution in [3.05, 3.63) is 23.2 Å². The summed E-state index contributed by atoms with van der Waals surface area (Å²) in [4.78, 5) is 8.86. The van der Waals surface area contributed by atoms with Gasteiger partial charge in [-0.05, 0) is 29.3 Å². The van der Waals surface area contributed by atoms with Gasteiger partial charge >= 0.3 is 0 Å². The highest BCUT2D eigenvalue weighted by molar-refractivity contribution is 9.10. The lowest BCUT2D eigenvalue weighted by Gasteiger charge is -2.13. The Morgan fingerprint density at radius 1 is 1.59 bits per heavy atom. The monoisotopic (exact) mass is 313 g/mol. The van der Waals surface area contributed by atoms with Crippen LogP contribution >= 0.6 is 27.7 Å². The molecule has 0 N–H and O–H groups in total. The van der Waals surface area contributed by atoms with E-state index in [1.54, 1.807) is 18.0 Å². The Morgan fingerprint density at radius 3 is 3.24 bits per heavy atom. The van der Waals surface area contributed by atoms with Crippen LogP contribution in [0.3, 0.4) is 0 Å². The van der Waals surface area contributed by atoms with Gasteiger partial charge in [-0.15, -0.1) is 0 Å². The lowest BCUT2D eigenvalue weighted by atomic mass is 10.3. The third kappa shape index (κ3) is 2.21. The van der Waals surface area contributed by atoms with Crippen LogP contribution in [0.25, 0.3) is 5.65 Å². The number of imidazole rings is 1. The molecule has 2 aromatic heterocycles. The number of rotatable bonds is 2. The third-order valence-corrected chi connectivity index (χ3v) is 4.68. The second kappa shape index (κ2) is 4.59. The van der Waals surface area contributed by atoms with Gasteiger partial charge in [0.2, 0.25) is 0 Å². The fourth-order valence-electron chi connectivity index (χ4n) is 1.96. The summed E-state index contributed by atoms with van der Waals surface area (Å²) in [5, 5.41) is 1.43. The molecule has 6 heteroatoms. The Balaban J connectivity index is 1.96. The molecule has 90 valence electrons. The van der Waals surface area contributed by atoms with Gasteiger partial charge in [-0.3, -0.25) is 0 Å². The normalized spacial score (nSPS) is 24.6. The topological polar surface area (TPSA) is 39.4 Å². The predicted octanol–water partition coefficient (Wildman–Crippen LogP) is 2.76. The molecule has 2 unspecified atom stereocenters. The van der Waals surface area contributed by atoms with E-state index in [4.69, 9.17) is 4.74 Å². The van der Waals surface area contributed by atoms with Crippen molar-refractivity contribution in [1.82, 2.24) is 14.4 Å². The maximum absolute atomic E-state index is 5.57. The molecule has 0 spiro atoms. The molecule has 1 aliphatic heterocycles. The number of hydrogen-bond donors (Lipinski definition) is 0. The van der Waals surface area contributed by atoms with Crippen molar-refractivity contribution in [1.29, 1.82) is 0 Å². The van der Waals surface area contributed by atoms with Crippen LogP contribution in [0.4, 0.5) is 0 Å². The standard InChI is InChI=1S/C11H12BrN3OS/c1-7-8(2-5-16-7)17-11-10-13-3-4-15(10)6-9(12)14-11/h3-4,6-8H,2,5H2,1H3. The van der Waals surface area contributed by atoms with Gasteiger partial charge in [0, 0.05) is 30.4 Å². The molecule has 4 nitrogen and oxygen atoms in total. The summed E-state index contributed by atoms with van der Waals surface area (Å²) >= 11 is 5.19. The van der Waals surface area contributed by atoms with E-state index in [2.05, 4.69) is 32.8 Å². The second-order valence-corrected chi connectivity index (χ2v) is 6.09. The molecule has 0 aromatic carbocycles. The first-order chi connectivity index (χ1) is 8.24. The summed E-state index contributed by atoms with van der Waals surface area (Å²) in [6.07, 6.45) is 7.01. The van der Waals surface area contributed by atoms with Gasteiger partial charge in [0.1, 0.15) is 9.63 Å². The Bertz CT molecular complexity index is 544. The molecule has 1 aliphatic rings. The van der Waals surface area contributed by atoms with Crippen LogP contribution in [0.2, 0.25) is 0 Å². The van der Waals surface area contributed by atoms with Gasteiger partial charge < -0.3 is 9.14 Å². The fraction of sp³-hybridized carbons (Fsp3) is 0.455. The average molecular weight is 314 g/mol. The Kier molecular flexibility index (Phi) is 3.10. The zero-order valence-electron chi connectivity index (χ0n) is 9.34. The van der Waals surface area contributed by atoms with E-state index in [0.717, 1.165) is 28.3 Å². The SMILES string of the molecule is CC1OCCC1Sc1nc(Br)cn2ccnc12. The molecular weight excluding hydrogens is 302 g/mol. The molecule has 17 heavy (non-hydrogen) atoms. The van der Waals surface area contributed by atoms with E-state index < -0.39 is 0 Å². The maximum atomic E-state index is 5.57. The van der Waals surface area contributed by atoms with Gasteiger partial charge in [-0.25, -0.2) is 9.97 Å². The highest BCUT2D eigenvalue weighted by Gasteiger charge is 2.26. The molecule has 0 radical (unpaired) electrons. The molecule has 2 atom stereocenters. The molecule has 1 saturated heterocycles. The zero-order chi connectivity index (χ0) is 11.8. The maximum Gasteiger partial charge on any atom is 0.169 e. The van der Waals surface area contributed by atoms with Crippen LogP contribution in [0.15, 0.2) is 28.2 Å². The fourth-order valence-corrected chi connectivity index (χ4v) is 3.66. The molecular formula is C11H12BrN3OS. The van der Waals surface area contributed by atoms with E-state index in [0.29, 0.717) is 5.25 Å². The summed E-state index contributed by atoms with van der Waals surface area (Å²) in [7, 11) is 0. The van der Waals surface area contributed by atoms with Crippen LogP contribution in [-0.4, -0.2) is 32.3 Å². The number of fused-ring (bicyclic) bond motifs is 1. The van der Waals surface area contributed by atoms with Crippen molar-refractivity contribution in [2.75, 3.05) is 6.61 Å². The first-order valence-electron chi connectivity index (χ1n) is 5.51. The minimum absolute atomic E-state index is 0.288. The van der Waals surface area contributed by atoms with E-state index in [-0.39, 0.29) is 6.10 Å². The van der Waals surface area contributed by atoms with Crippen LogP contribution in [0.5, 0.6) is 0 Å². The number of nitrogens with zero attached hydrogens (tertiary/aromatic N) is 3. The molecule has 0 amide bonds. The largest absolute Gasteiger partial charge is 0.377 e. The molecule has 3 rings (SSSR count). The molecule has 0 aliphatic carbocycles. The number of thioether (sulfide) groups is 1. The first-order valence-corrected chi connectivity index (χ1v) is 7.19. The van der Waals surface area contributed by atoms with Gasteiger partial charge in [-0.1, -0.05) is 11.8 Å². The summed E-state index contributed by atoms with van der Waals surface area (Å²) in [6.45, 7) is 2.96. The van der Waals surface area contributed by atoms with Crippen LogP contribution in [-0.2, 0) is 4.74 Å². The number of ether oxygens (including phenoxy) is 1. The molecule has 3 heterocycles. The molecule has 2 aromatic rings. The summed E-state index contributed by atoms with van der Waals surface area (Å²) in [6, 6.07) is 0. The second-order valence-electron chi connectivity index (χ2n) is 4.05. The Morgan fingerprint density at radius 2 is 2.47 bits per heavy atom. The van der Waals surface area contributed by atoms with Crippen molar-refractivity contribution in [2.24, 2.45) is 0 Å². The number of aromatic nitrogens is 3.